The largest absolute Gasteiger partial charge is 0.285 e. The lowest BCUT2D eigenvalue weighted by molar-refractivity contribution is 1.09. The monoisotopic (exact) mass is 193 g/mol. The van der Waals surface area contributed by atoms with Crippen LogP contribution in [0.4, 0.5) is 0 Å². The van der Waals surface area contributed by atoms with Crippen molar-refractivity contribution in [2.75, 3.05) is 0 Å². The van der Waals surface area contributed by atoms with E-state index in [9.17, 15) is 0 Å². The minimum Gasteiger partial charge on any atom is -0.285 e. The van der Waals surface area contributed by atoms with E-state index in [1.807, 2.05) is 19.2 Å². The number of aromatic nitrogens is 3. The number of nitrogens with zero attached hydrogens (tertiary/aromatic N) is 2. The quantitative estimate of drug-likeness (QED) is 0.707. The minimum absolute atomic E-state index is 0.548. The highest BCUT2D eigenvalue weighted by molar-refractivity contribution is 6.30. The van der Waals surface area contributed by atoms with Gasteiger partial charge in [-0.3, -0.25) is 5.10 Å². The average molecular weight is 194 g/mol. The Hall–Kier alpha value is -1.35. The zero-order valence-electron chi connectivity index (χ0n) is 7.08. The Balaban J connectivity index is 2.49. The van der Waals surface area contributed by atoms with Crippen molar-refractivity contribution in [1.82, 2.24) is 15.2 Å². The van der Waals surface area contributed by atoms with E-state index < -0.39 is 0 Å². The van der Waals surface area contributed by atoms with E-state index in [4.69, 9.17) is 11.6 Å². The Morgan fingerprint density at radius 3 is 2.77 bits per heavy atom. The van der Waals surface area contributed by atoms with Crippen molar-refractivity contribution in [3.63, 3.8) is 0 Å². The van der Waals surface area contributed by atoms with Crippen molar-refractivity contribution < 1.29 is 0 Å². The second-order valence-corrected chi connectivity index (χ2v) is 3.18. The molecule has 0 saturated carbocycles. The lowest BCUT2D eigenvalue weighted by atomic mass is 10.1. The van der Waals surface area contributed by atoms with Crippen LogP contribution in [0.1, 0.15) is 5.56 Å². The van der Waals surface area contributed by atoms with Crippen molar-refractivity contribution in [3.8, 4) is 11.1 Å². The summed E-state index contributed by atoms with van der Waals surface area (Å²) in [5, 5.41) is 7.16. The molecule has 2 aromatic rings. The lowest BCUT2D eigenvalue weighted by Gasteiger charge is -1.99. The van der Waals surface area contributed by atoms with Gasteiger partial charge in [-0.05, 0) is 18.6 Å². The molecule has 2 aromatic heterocycles. The fraction of sp³-hybridized carbons (Fsp3) is 0.111. The van der Waals surface area contributed by atoms with Crippen molar-refractivity contribution in [2.24, 2.45) is 0 Å². The SMILES string of the molecule is Cc1cc(-c2cn[nH]c2)cnc1Cl. The van der Waals surface area contributed by atoms with E-state index >= 15 is 0 Å². The third-order valence-corrected chi connectivity index (χ3v) is 2.24. The van der Waals surface area contributed by atoms with Gasteiger partial charge >= 0.3 is 0 Å². The van der Waals surface area contributed by atoms with Gasteiger partial charge in [-0.15, -0.1) is 0 Å². The van der Waals surface area contributed by atoms with Crippen LogP contribution in [0.15, 0.2) is 24.7 Å². The van der Waals surface area contributed by atoms with Gasteiger partial charge in [0.1, 0.15) is 5.15 Å². The Morgan fingerprint density at radius 1 is 1.31 bits per heavy atom. The highest BCUT2D eigenvalue weighted by atomic mass is 35.5. The highest BCUT2D eigenvalue weighted by Crippen LogP contribution is 2.20. The number of halogens is 1. The van der Waals surface area contributed by atoms with Crippen molar-refractivity contribution in [1.29, 1.82) is 0 Å². The molecule has 0 unspecified atom stereocenters. The molecule has 1 N–H and O–H groups in total. The van der Waals surface area contributed by atoms with Gasteiger partial charge in [0.15, 0.2) is 0 Å². The summed E-state index contributed by atoms with van der Waals surface area (Å²) in [6.07, 6.45) is 5.31. The van der Waals surface area contributed by atoms with E-state index in [0.29, 0.717) is 5.15 Å². The average Bonchev–Trinajstić information content (AvgIpc) is 2.62. The number of pyridine rings is 1. The Morgan fingerprint density at radius 2 is 2.15 bits per heavy atom. The summed E-state index contributed by atoms with van der Waals surface area (Å²) in [5.41, 5.74) is 3.02. The zero-order valence-corrected chi connectivity index (χ0v) is 7.84. The molecule has 0 aliphatic heterocycles. The number of aromatic amines is 1. The molecule has 66 valence electrons. The van der Waals surface area contributed by atoms with Gasteiger partial charge in [-0.2, -0.15) is 5.10 Å². The van der Waals surface area contributed by atoms with E-state index in [2.05, 4.69) is 15.2 Å². The molecule has 0 spiro atoms. The van der Waals surface area contributed by atoms with Crippen molar-refractivity contribution in [3.05, 3.63) is 35.4 Å². The van der Waals surface area contributed by atoms with E-state index in [1.165, 1.54) is 0 Å². The standard InChI is InChI=1S/C9H8ClN3/c1-6-2-7(3-11-9(6)10)8-4-12-13-5-8/h2-5H,1H3,(H,12,13). The molecule has 3 nitrogen and oxygen atoms in total. The fourth-order valence-corrected chi connectivity index (χ4v) is 1.23. The first-order chi connectivity index (χ1) is 6.27. The molecular weight excluding hydrogens is 186 g/mol. The summed E-state index contributed by atoms with van der Waals surface area (Å²) < 4.78 is 0. The smallest absolute Gasteiger partial charge is 0.131 e. The molecular formula is C9H8ClN3. The molecule has 4 heteroatoms. The summed E-state index contributed by atoms with van der Waals surface area (Å²) in [5.74, 6) is 0. The van der Waals surface area contributed by atoms with E-state index in [1.54, 1.807) is 12.4 Å². The molecule has 0 saturated heterocycles. The number of rotatable bonds is 1. The third-order valence-electron chi connectivity index (χ3n) is 1.85. The van der Waals surface area contributed by atoms with Crippen LogP contribution in [0.3, 0.4) is 0 Å². The van der Waals surface area contributed by atoms with Crippen molar-refractivity contribution >= 4 is 11.6 Å². The molecule has 0 atom stereocenters. The maximum atomic E-state index is 5.81. The van der Waals surface area contributed by atoms with Gasteiger partial charge in [0.2, 0.25) is 0 Å². The normalized spacial score (nSPS) is 10.3. The van der Waals surface area contributed by atoms with E-state index in [-0.39, 0.29) is 0 Å². The summed E-state index contributed by atoms with van der Waals surface area (Å²) >= 11 is 5.81. The molecule has 2 rings (SSSR count). The highest BCUT2D eigenvalue weighted by Gasteiger charge is 2.01. The first kappa shape index (κ1) is 8.26. The number of H-pyrrole nitrogens is 1. The van der Waals surface area contributed by atoms with Gasteiger partial charge in [-0.25, -0.2) is 4.98 Å². The topological polar surface area (TPSA) is 41.6 Å². The zero-order chi connectivity index (χ0) is 9.26. The summed E-state index contributed by atoms with van der Waals surface area (Å²) in [6.45, 7) is 1.93. The molecule has 13 heavy (non-hydrogen) atoms. The molecule has 0 aliphatic carbocycles. The van der Waals surface area contributed by atoms with Gasteiger partial charge in [0.25, 0.3) is 0 Å². The second kappa shape index (κ2) is 3.18. The Kier molecular flexibility index (Phi) is 2.02. The molecule has 0 amide bonds. The molecule has 0 radical (unpaired) electrons. The van der Waals surface area contributed by atoms with E-state index in [0.717, 1.165) is 16.7 Å². The summed E-state index contributed by atoms with van der Waals surface area (Å²) in [7, 11) is 0. The van der Waals surface area contributed by atoms with Crippen LogP contribution in [0.5, 0.6) is 0 Å². The molecule has 0 aromatic carbocycles. The van der Waals surface area contributed by atoms with Crippen LogP contribution in [0, 0.1) is 6.92 Å². The van der Waals surface area contributed by atoms with Gasteiger partial charge < -0.3 is 0 Å². The fourth-order valence-electron chi connectivity index (χ4n) is 1.12. The van der Waals surface area contributed by atoms with Crippen LogP contribution in [0.25, 0.3) is 11.1 Å². The van der Waals surface area contributed by atoms with Gasteiger partial charge in [0.05, 0.1) is 6.20 Å². The number of hydrogen-bond acceptors (Lipinski definition) is 2. The predicted molar refractivity (Wildman–Crippen MR) is 51.6 cm³/mol. The molecule has 2 heterocycles. The summed E-state index contributed by atoms with van der Waals surface area (Å²) in [6, 6.07) is 1.99. The third kappa shape index (κ3) is 1.55. The first-order valence-electron chi connectivity index (χ1n) is 3.88. The van der Waals surface area contributed by atoms with Gasteiger partial charge in [0, 0.05) is 23.5 Å². The van der Waals surface area contributed by atoms with Crippen LogP contribution >= 0.6 is 11.6 Å². The number of hydrogen-bond donors (Lipinski definition) is 1. The van der Waals surface area contributed by atoms with Crippen LogP contribution in [0.2, 0.25) is 5.15 Å². The maximum absolute atomic E-state index is 5.81. The summed E-state index contributed by atoms with van der Waals surface area (Å²) in [4.78, 5) is 4.06. The predicted octanol–water partition coefficient (Wildman–Crippen LogP) is 2.43. The molecule has 0 fully saturated rings. The molecule has 0 bridgehead atoms. The second-order valence-electron chi connectivity index (χ2n) is 2.82. The Labute approximate surface area is 80.8 Å². The molecule has 0 aliphatic rings. The van der Waals surface area contributed by atoms with Crippen LogP contribution < -0.4 is 0 Å². The maximum Gasteiger partial charge on any atom is 0.131 e. The van der Waals surface area contributed by atoms with Crippen LogP contribution in [-0.4, -0.2) is 15.2 Å². The number of aryl methyl sites for hydroxylation is 1. The Bertz CT molecular complexity index is 409. The van der Waals surface area contributed by atoms with Gasteiger partial charge in [-0.1, -0.05) is 11.6 Å². The minimum atomic E-state index is 0.548. The number of nitrogens with one attached hydrogen (secondary N) is 1. The van der Waals surface area contributed by atoms with Crippen LogP contribution in [-0.2, 0) is 0 Å². The van der Waals surface area contributed by atoms with Crippen molar-refractivity contribution in [2.45, 2.75) is 6.92 Å². The first-order valence-corrected chi connectivity index (χ1v) is 4.26. The lowest BCUT2D eigenvalue weighted by Crippen LogP contribution is -1.83.